The van der Waals surface area contributed by atoms with Gasteiger partial charge >= 0.3 is 0 Å². The lowest BCUT2D eigenvalue weighted by molar-refractivity contribution is -0.146. The van der Waals surface area contributed by atoms with Gasteiger partial charge in [0, 0.05) is 25.3 Å². The molecule has 4 heteroatoms. The van der Waals surface area contributed by atoms with E-state index in [9.17, 15) is 9.90 Å². The molecule has 4 nitrogen and oxygen atoms in total. The van der Waals surface area contributed by atoms with Crippen LogP contribution in [0, 0.1) is 5.92 Å². The highest BCUT2D eigenvalue weighted by Gasteiger charge is 2.27. The summed E-state index contributed by atoms with van der Waals surface area (Å²) in [6.45, 7) is 2.35. The number of hydrogen-bond acceptors (Lipinski definition) is 4. The molecule has 18 heavy (non-hydrogen) atoms. The Kier molecular flexibility index (Phi) is 4.73. The second-order valence-electron chi connectivity index (χ2n) is 4.68. The van der Waals surface area contributed by atoms with Crippen LogP contribution in [0.25, 0.3) is 0 Å². The van der Waals surface area contributed by atoms with Gasteiger partial charge in [0.1, 0.15) is 0 Å². The molecule has 2 atom stereocenters. The predicted octanol–water partition coefficient (Wildman–Crippen LogP) is 1.56. The van der Waals surface area contributed by atoms with Crippen molar-refractivity contribution < 1.29 is 14.6 Å². The minimum absolute atomic E-state index is 0.194. The number of aliphatic hydroxyl groups excluding tert-OH is 1. The molecule has 0 bridgehead atoms. The molecule has 2 unspecified atom stereocenters. The van der Waals surface area contributed by atoms with Crippen molar-refractivity contribution in [2.24, 2.45) is 5.92 Å². The van der Waals surface area contributed by atoms with Crippen LogP contribution in [-0.4, -0.2) is 36.2 Å². The van der Waals surface area contributed by atoms with Gasteiger partial charge in [0.2, 0.25) is 0 Å². The summed E-state index contributed by atoms with van der Waals surface area (Å²) in [7, 11) is 0. The molecule has 1 aliphatic rings. The van der Waals surface area contributed by atoms with Crippen molar-refractivity contribution in [1.82, 2.24) is 4.90 Å². The van der Waals surface area contributed by atoms with Crippen molar-refractivity contribution in [2.45, 2.75) is 19.1 Å². The van der Waals surface area contributed by atoms with Gasteiger partial charge in [-0.25, -0.2) is 0 Å². The number of aliphatic hydroxyl groups is 1. The molecular weight excluding hydrogens is 230 g/mol. The molecular formula is C14H19NO3. The fourth-order valence-electron chi connectivity index (χ4n) is 2.51. The van der Waals surface area contributed by atoms with Gasteiger partial charge in [-0.1, -0.05) is 30.3 Å². The zero-order valence-electron chi connectivity index (χ0n) is 10.4. The molecule has 1 heterocycles. The van der Waals surface area contributed by atoms with Gasteiger partial charge in [0.25, 0.3) is 6.47 Å². The molecule has 1 fully saturated rings. The Morgan fingerprint density at radius 1 is 1.44 bits per heavy atom. The van der Waals surface area contributed by atoms with Gasteiger partial charge in [-0.15, -0.1) is 0 Å². The van der Waals surface area contributed by atoms with Crippen LogP contribution in [-0.2, 0) is 9.53 Å². The van der Waals surface area contributed by atoms with Crippen molar-refractivity contribution in [3.8, 4) is 0 Å². The van der Waals surface area contributed by atoms with Crippen LogP contribution in [0.3, 0.4) is 0 Å². The number of benzene rings is 1. The van der Waals surface area contributed by atoms with Crippen molar-refractivity contribution in [3.05, 3.63) is 35.9 Å². The first-order valence-electron chi connectivity index (χ1n) is 6.34. The summed E-state index contributed by atoms with van der Waals surface area (Å²) in [5.74, 6) is 0.278. The third-order valence-electron chi connectivity index (χ3n) is 3.41. The maximum Gasteiger partial charge on any atom is 0.294 e. The second-order valence-corrected chi connectivity index (χ2v) is 4.68. The number of hydrogen-bond donors (Lipinski definition) is 1. The minimum Gasteiger partial charge on any atom is -0.444 e. The summed E-state index contributed by atoms with van der Waals surface area (Å²) in [6.07, 6.45) is 1.73. The number of piperidine rings is 1. The SMILES string of the molecule is O=COC(c1ccccc1)N1CCCC(CO)C1. The topological polar surface area (TPSA) is 49.8 Å². The van der Waals surface area contributed by atoms with Gasteiger partial charge in [0.15, 0.2) is 6.23 Å². The van der Waals surface area contributed by atoms with E-state index in [4.69, 9.17) is 4.74 Å². The van der Waals surface area contributed by atoms with Crippen LogP contribution in [0.2, 0.25) is 0 Å². The first kappa shape index (κ1) is 13.1. The lowest BCUT2D eigenvalue weighted by atomic mass is 9.98. The Bertz CT molecular complexity index is 369. The highest BCUT2D eigenvalue weighted by atomic mass is 16.5. The summed E-state index contributed by atoms with van der Waals surface area (Å²) in [6, 6.07) is 9.72. The van der Waals surface area contributed by atoms with E-state index in [1.807, 2.05) is 30.3 Å². The molecule has 1 aromatic rings. The van der Waals surface area contributed by atoms with E-state index in [0.717, 1.165) is 31.5 Å². The highest BCUT2D eigenvalue weighted by Crippen LogP contribution is 2.27. The number of likely N-dealkylation sites (tertiary alicyclic amines) is 1. The molecule has 98 valence electrons. The molecule has 0 saturated carbocycles. The van der Waals surface area contributed by atoms with Crippen molar-refractivity contribution in [3.63, 3.8) is 0 Å². The van der Waals surface area contributed by atoms with Crippen LogP contribution in [0.5, 0.6) is 0 Å². The largest absolute Gasteiger partial charge is 0.444 e. The molecule has 2 rings (SSSR count). The number of nitrogens with zero attached hydrogens (tertiary/aromatic N) is 1. The van der Waals surface area contributed by atoms with E-state index in [1.165, 1.54) is 0 Å². The first-order valence-corrected chi connectivity index (χ1v) is 6.34. The van der Waals surface area contributed by atoms with Crippen LogP contribution < -0.4 is 0 Å². The normalized spacial score (nSPS) is 22.4. The first-order chi connectivity index (χ1) is 8.85. The van der Waals surface area contributed by atoms with E-state index in [0.29, 0.717) is 6.47 Å². The number of carbonyl (C=O) groups excluding carboxylic acids is 1. The summed E-state index contributed by atoms with van der Waals surface area (Å²) >= 11 is 0. The van der Waals surface area contributed by atoms with E-state index in [-0.39, 0.29) is 18.8 Å². The Morgan fingerprint density at radius 2 is 2.22 bits per heavy atom. The third kappa shape index (κ3) is 3.09. The highest BCUT2D eigenvalue weighted by molar-refractivity contribution is 5.38. The standard InChI is InChI=1S/C14H19NO3/c16-10-12-5-4-8-15(9-12)14(18-11-17)13-6-2-1-3-7-13/h1-3,6-7,11-12,14,16H,4-5,8-10H2. The fourth-order valence-corrected chi connectivity index (χ4v) is 2.51. The molecule has 0 aliphatic carbocycles. The molecule has 0 amide bonds. The molecule has 0 radical (unpaired) electrons. The second kappa shape index (κ2) is 6.52. The van der Waals surface area contributed by atoms with Gasteiger partial charge in [-0.3, -0.25) is 9.69 Å². The molecule has 0 aromatic heterocycles. The van der Waals surface area contributed by atoms with Gasteiger partial charge in [-0.2, -0.15) is 0 Å². The van der Waals surface area contributed by atoms with Crippen LogP contribution in [0.4, 0.5) is 0 Å². The van der Waals surface area contributed by atoms with Crippen LogP contribution in [0.15, 0.2) is 30.3 Å². The van der Waals surface area contributed by atoms with E-state index >= 15 is 0 Å². The van der Waals surface area contributed by atoms with E-state index < -0.39 is 0 Å². The summed E-state index contributed by atoms with van der Waals surface area (Å²) in [5, 5.41) is 9.25. The number of carbonyl (C=O) groups is 1. The molecule has 1 saturated heterocycles. The average Bonchev–Trinajstić information content (AvgIpc) is 2.46. The molecule has 1 N–H and O–H groups in total. The van der Waals surface area contributed by atoms with Crippen molar-refractivity contribution >= 4 is 6.47 Å². The number of rotatable bonds is 5. The van der Waals surface area contributed by atoms with Crippen molar-refractivity contribution in [1.29, 1.82) is 0 Å². The zero-order valence-corrected chi connectivity index (χ0v) is 10.4. The quantitative estimate of drug-likeness (QED) is 0.805. The fraction of sp³-hybridized carbons (Fsp3) is 0.500. The Morgan fingerprint density at radius 3 is 2.89 bits per heavy atom. The monoisotopic (exact) mass is 249 g/mol. The molecule has 1 aromatic carbocycles. The molecule has 1 aliphatic heterocycles. The predicted molar refractivity (Wildman–Crippen MR) is 67.7 cm³/mol. The third-order valence-corrected chi connectivity index (χ3v) is 3.41. The Balaban J connectivity index is 2.12. The van der Waals surface area contributed by atoms with Crippen molar-refractivity contribution in [2.75, 3.05) is 19.7 Å². The minimum atomic E-state index is -0.335. The van der Waals surface area contributed by atoms with Gasteiger partial charge in [0.05, 0.1) is 0 Å². The summed E-state index contributed by atoms with van der Waals surface area (Å²) in [5.41, 5.74) is 0.975. The lowest BCUT2D eigenvalue weighted by Gasteiger charge is -2.36. The maximum absolute atomic E-state index is 10.7. The average molecular weight is 249 g/mol. The van der Waals surface area contributed by atoms with Crippen LogP contribution in [0.1, 0.15) is 24.6 Å². The maximum atomic E-state index is 10.7. The Hall–Kier alpha value is -1.39. The number of ether oxygens (including phenoxy) is 1. The smallest absolute Gasteiger partial charge is 0.294 e. The summed E-state index contributed by atoms with van der Waals surface area (Å²) < 4.78 is 5.22. The summed E-state index contributed by atoms with van der Waals surface area (Å²) in [4.78, 5) is 12.8. The van der Waals surface area contributed by atoms with Crippen LogP contribution >= 0.6 is 0 Å². The van der Waals surface area contributed by atoms with E-state index in [1.54, 1.807) is 0 Å². The van der Waals surface area contributed by atoms with Gasteiger partial charge in [-0.05, 0) is 18.8 Å². The lowest BCUT2D eigenvalue weighted by Crippen LogP contribution is -2.40. The molecule has 0 spiro atoms. The Labute approximate surface area is 107 Å². The van der Waals surface area contributed by atoms with Gasteiger partial charge < -0.3 is 9.84 Å². The van der Waals surface area contributed by atoms with E-state index in [2.05, 4.69) is 4.90 Å². The zero-order chi connectivity index (χ0) is 12.8.